The average molecular weight is 258 g/mol. The standard InChI is InChI=1S/C8H5BrFN3O/c9-5-1-4(2-6(10)3-5)7-12-8(11)14-13-7/h1-3H,(H2,11,12,13). The van der Waals surface area contributed by atoms with Crippen molar-refractivity contribution in [3.8, 4) is 11.4 Å². The Hall–Kier alpha value is -1.43. The minimum atomic E-state index is -0.377. The molecule has 0 atom stereocenters. The van der Waals surface area contributed by atoms with Crippen molar-refractivity contribution in [2.24, 2.45) is 0 Å². The third-order valence-corrected chi connectivity index (χ3v) is 2.02. The van der Waals surface area contributed by atoms with Gasteiger partial charge in [0, 0.05) is 10.0 Å². The van der Waals surface area contributed by atoms with Crippen LogP contribution in [0.15, 0.2) is 27.2 Å². The molecular formula is C8H5BrFN3O. The van der Waals surface area contributed by atoms with Crippen molar-refractivity contribution < 1.29 is 8.91 Å². The third-order valence-electron chi connectivity index (χ3n) is 1.56. The summed E-state index contributed by atoms with van der Waals surface area (Å²) in [6.45, 7) is 0. The summed E-state index contributed by atoms with van der Waals surface area (Å²) >= 11 is 3.16. The lowest BCUT2D eigenvalue weighted by atomic mass is 10.2. The lowest BCUT2D eigenvalue weighted by molar-refractivity contribution is 0.437. The number of aromatic nitrogens is 2. The molecule has 4 nitrogen and oxygen atoms in total. The number of halogens is 2. The van der Waals surface area contributed by atoms with Gasteiger partial charge in [0.2, 0.25) is 5.82 Å². The van der Waals surface area contributed by atoms with Crippen LogP contribution in [0.2, 0.25) is 0 Å². The number of benzene rings is 1. The first kappa shape index (κ1) is 9.14. The van der Waals surface area contributed by atoms with E-state index in [1.807, 2.05) is 0 Å². The molecule has 0 radical (unpaired) electrons. The van der Waals surface area contributed by atoms with Gasteiger partial charge in [-0.2, -0.15) is 4.98 Å². The number of nitrogens with zero attached hydrogens (tertiary/aromatic N) is 2. The Morgan fingerprint density at radius 2 is 2.14 bits per heavy atom. The summed E-state index contributed by atoms with van der Waals surface area (Å²) in [5.41, 5.74) is 5.76. The monoisotopic (exact) mass is 257 g/mol. The predicted octanol–water partition coefficient (Wildman–Crippen LogP) is 2.22. The topological polar surface area (TPSA) is 64.9 Å². The SMILES string of the molecule is Nc1nc(-c2cc(F)cc(Br)c2)no1. The highest BCUT2D eigenvalue weighted by Crippen LogP contribution is 2.22. The van der Waals surface area contributed by atoms with Gasteiger partial charge in [0.05, 0.1) is 0 Å². The Morgan fingerprint density at radius 1 is 1.36 bits per heavy atom. The predicted molar refractivity (Wildman–Crippen MR) is 51.8 cm³/mol. The van der Waals surface area contributed by atoms with E-state index in [1.54, 1.807) is 6.07 Å². The molecule has 0 saturated carbocycles. The van der Waals surface area contributed by atoms with E-state index in [2.05, 4.69) is 30.6 Å². The molecule has 0 unspecified atom stereocenters. The zero-order valence-corrected chi connectivity index (χ0v) is 8.45. The molecular weight excluding hydrogens is 253 g/mol. The Kier molecular flexibility index (Phi) is 2.20. The molecule has 2 N–H and O–H groups in total. The zero-order valence-electron chi connectivity index (χ0n) is 6.87. The zero-order chi connectivity index (χ0) is 10.1. The van der Waals surface area contributed by atoms with Crippen molar-refractivity contribution in [3.05, 3.63) is 28.5 Å². The maximum atomic E-state index is 13.0. The lowest BCUT2D eigenvalue weighted by Crippen LogP contribution is -1.85. The smallest absolute Gasteiger partial charge is 0.319 e. The molecule has 1 aromatic carbocycles. The summed E-state index contributed by atoms with van der Waals surface area (Å²) < 4.78 is 18.2. The van der Waals surface area contributed by atoms with E-state index < -0.39 is 0 Å². The van der Waals surface area contributed by atoms with Crippen LogP contribution in [0, 0.1) is 5.82 Å². The number of hydrogen-bond acceptors (Lipinski definition) is 4. The van der Waals surface area contributed by atoms with E-state index in [0.29, 0.717) is 10.0 Å². The first-order valence-corrected chi connectivity index (χ1v) is 4.50. The van der Waals surface area contributed by atoms with Crippen molar-refractivity contribution in [1.29, 1.82) is 0 Å². The maximum Gasteiger partial charge on any atom is 0.319 e. The van der Waals surface area contributed by atoms with E-state index in [1.165, 1.54) is 12.1 Å². The van der Waals surface area contributed by atoms with Crippen LogP contribution in [-0.4, -0.2) is 10.1 Å². The molecule has 0 fully saturated rings. The molecule has 2 rings (SSSR count). The van der Waals surface area contributed by atoms with Crippen molar-refractivity contribution in [2.45, 2.75) is 0 Å². The molecule has 0 amide bonds. The first-order valence-electron chi connectivity index (χ1n) is 3.71. The highest BCUT2D eigenvalue weighted by Gasteiger charge is 2.07. The Labute approximate surface area is 87.0 Å². The van der Waals surface area contributed by atoms with Gasteiger partial charge in [-0.1, -0.05) is 21.1 Å². The molecule has 0 aliphatic carbocycles. The summed E-state index contributed by atoms with van der Waals surface area (Å²) in [6.07, 6.45) is 0. The normalized spacial score (nSPS) is 10.4. The Balaban J connectivity index is 2.51. The highest BCUT2D eigenvalue weighted by atomic mass is 79.9. The van der Waals surface area contributed by atoms with Crippen LogP contribution < -0.4 is 5.73 Å². The van der Waals surface area contributed by atoms with E-state index in [-0.39, 0.29) is 17.7 Å². The fourth-order valence-corrected chi connectivity index (χ4v) is 1.50. The number of rotatable bonds is 1. The van der Waals surface area contributed by atoms with E-state index in [9.17, 15) is 4.39 Å². The summed E-state index contributed by atoms with van der Waals surface area (Å²) in [5, 5.41) is 3.57. The van der Waals surface area contributed by atoms with Gasteiger partial charge in [-0.15, -0.1) is 0 Å². The van der Waals surface area contributed by atoms with Gasteiger partial charge < -0.3 is 10.3 Å². The number of nitrogen functional groups attached to an aromatic ring is 1. The van der Waals surface area contributed by atoms with Crippen molar-refractivity contribution in [1.82, 2.24) is 10.1 Å². The number of hydrogen-bond donors (Lipinski definition) is 1. The minimum Gasteiger partial charge on any atom is -0.351 e. The average Bonchev–Trinajstić information content (AvgIpc) is 2.50. The second kappa shape index (κ2) is 3.38. The summed E-state index contributed by atoms with van der Waals surface area (Å²) in [4.78, 5) is 3.78. The summed E-state index contributed by atoms with van der Waals surface area (Å²) in [7, 11) is 0. The molecule has 0 spiro atoms. The van der Waals surface area contributed by atoms with Crippen LogP contribution in [0.5, 0.6) is 0 Å². The van der Waals surface area contributed by atoms with Crippen LogP contribution in [0.4, 0.5) is 10.4 Å². The highest BCUT2D eigenvalue weighted by molar-refractivity contribution is 9.10. The Morgan fingerprint density at radius 3 is 2.71 bits per heavy atom. The van der Waals surface area contributed by atoms with E-state index in [4.69, 9.17) is 5.73 Å². The van der Waals surface area contributed by atoms with Crippen LogP contribution >= 0.6 is 15.9 Å². The molecule has 72 valence electrons. The quantitative estimate of drug-likeness (QED) is 0.851. The fraction of sp³-hybridized carbons (Fsp3) is 0. The van der Waals surface area contributed by atoms with Gasteiger partial charge in [-0.3, -0.25) is 0 Å². The number of anilines is 1. The maximum absolute atomic E-state index is 13.0. The molecule has 1 aromatic heterocycles. The fourth-order valence-electron chi connectivity index (χ4n) is 1.04. The third kappa shape index (κ3) is 1.74. The van der Waals surface area contributed by atoms with Crippen LogP contribution in [0.3, 0.4) is 0 Å². The van der Waals surface area contributed by atoms with Gasteiger partial charge in [0.1, 0.15) is 5.82 Å². The molecule has 14 heavy (non-hydrogen) atoms. The van der Waals surface area contributed by atoms with Crippen LogP contribution in [0.25, 0.3) is 11.4 Å². The van der Waals surface area contributed by atoms with Gasteiger partial charge in [0.25, 0.3) is 0 Å². The second-order valence-electron chi connectivity index (χ2n) is 2.61. The molecule has 1 heterocycles. The van der Waals surface area contributed by atoms with Gasteiger partial charge in [-0.05, 0) is 18.2 Å². The van der Waals surface area contributed by atoms with Crippen LogP contribution in [-0.2, 0) is 0 Å². The van der Waals surface area contributed by atoms with E-state index in [0.717, 1.165) is 0 Å². The van der Waals surface area contributed by atoms with Crippen molar-refractivity contribution >= 4 is 21.9 Å². The summed E-state index contributed by atoms with van der Waals surface area (Å²) in [5.74, 6) is -0.111. The minimum absolute atomic E-state index is 0.0413. The molecule has 2 aromatic rings. The molecule has 0 aliphatic rings. The van der Waals surface area contributed by atoms with Gasteiger partial charge in [-0.25, -0.2) is 4.39 Å². The lowest BCUT2D eigenvalue weighted by Gasteiger charge is -1.96. The Bertz CT molecular complexity index is 451. The largest absolute Gasteiger partial charge is 0.351 e. The van der Waals surface area contributed by atoms with Crippen molar-refractivity contribution in [3.63, 3.8) is 0 Å². The van der Waals surface area contributed by atoms with E-state index >= 15 is 0 Å². The molecule has 6 heteroatoms. The molecule has 0 bridgehead atoms. The molecule has 0 saturated heterocycles. The summed E-state index contributed by atoms with van der Waals surface area (Å²) in [6, 6.07) is 4.27. The van der Waals surface area contributed by atoms with Gasteiger partial charge in [0.15, 0.2) is 0 Å². The van der Waals surface area contributed by atoms with Crippen molar-refractivity contribution in [2.75, 3.05) is 5.73 Å². The number of nitrogens with two attached hydrogens (primary N) is 1. The van der Waals surface area contributed by atoms with Gasteiger partial charge >= 0.3 is 6.01 Å². The first-order chi connectivity index (χ1) is 6.65. The molecule has 0 aliphatic heterocycles. The second-order valence-corrected chi connectivity index (χ2v) is 3.53. The van der Waals surface area contributed by atoms with Crippen LogP contribution in [0.1, 0.15) is 0 Å².